The first-order valence-electron chi connectivity index (χ1n) is 9.01. The number of anilines is 2. The van der Waals surface area contributed by atoms with E-state index < -0.39 is 0 Å². The van der Waals surface area contributed by atoms with Crippen molar-refractivity contribution in [2.75, 3.05) is 24.9 Å². The molecule has 4 aromatic rings. The first-order chi connectivity index (χ1) is 14.2. The van der Waals surface area contributed by atoms with Gasteiger partial charge in [-0.25, -0.2) is 9.78 Å². The third kappa shape index (κ3) is 3.84. The van der Waals surface area contributed by atoms with Crippen LogP contribution in [0.2, 0.25) is 0 Å². The van der Waals surface area contributed by atoms with Crippen LogP contribution >= 0.6 is 0 Å². The van der Waals surface area contributed by atoms with Crippen LogP contribution in [-0.4, -0.2) is 29.6 Å². The number of fused-ring (bicyclic) bond motifs is 1. The van der Waals surface area contributed by atoms with Crippen molar-refractivity contribution in [2.24, 2.45) is 0 Å². The van der Waals surface area contributed by atoms with E-state index in [1.54, 1.807) is 25.3 Å². The first-order valence-corrected chi connectivity index (χ1v) is 9.01. The third-order valence-corrected chi connectivity index (χ3v) is 4.43. The van der Waals surface area contributed by atoms with Gasteiger partial charge in [-0.1, -0.05) is 24.3 Å². The Labute approximate surface area is 167 Å². The molecule has 2 N–H and O–H groups in total. The van der Waals surface area contributed by atoms with Crippen LogP contribution in [0.3, 0.4) is 0 Å². The lowest BCUT2D eigenvalue weighted by molar-refractivity contribution is 0.262. The molecule has 0 saturated heterocycles. The second kappa shape index (κ2) is 7.93. The van der Waals surface area contributed by atoms with Crippen molar-refractivity contribution in [3.8, 4) is 22.8 Å². The number of carbonyl (C=O) groups excluding carboxylic acids is 1. The SMILES string of the molecule is COc1cccc(NC(=O)Nc2cccc(-c3cn4ccccc4n3)c2)c1OC. The van der Waals surface area contributed by atoms with Crippen LogP contribution in [0.1, 0.15) is 0 Å². The van der Waals surface area contributed by atoms with Gasteiger partial charge in [-0.15, -0.1) is 0 Å². The van der Waals surface area contributed by atoms with Crippen molar-refractivity contribution in [1.29, 1.82) is 0 Å². The average Bonchev–Trinajstić information content (AvgIpc) is 3.18. The summed E-state index contributed by atoms with van der Waals surface area (Å²) < 4.78 is 12.6. The highest BCUT2D eigenvalue weighted by atomic mass is 16.5. The van der Waals surface area contributed by atoms with Crippen molar-refractivity contribution in [2.45, 2.75) is 0 Å². The van der Waals surface area contributed by atoms with E-state index in [2.05, 4.69) is 15.6 Å². The highest BCUT2D eigenvalue weighted by Crippen LogP contribution is 2.34. The zero-order valence-electron chi connectivity index (χ0n) is 16.0. The molecule has 0 unspecified atom stereocenters. The lowest BCUT2D eigenvalue weighted by Gasteiger charge is -2.14. The van der Waals surface area contributed by atoms with E-state index >= 15 is 0 Å². The maximum absolute atomic E-state index is 12.5. The number of para-hydroxylation sites is 1. The Bertz CT molecular complexity index is 1140. The molecule has 146 valence electrons. The summed E-state index contributed by atoms with van der Waals surface area (Å²) >= 11 is 0. The minimum Gasteiger partial charge on any atom is -0.493 e. The fourth-order valence-electron chi connectivity index (χ4n) is 3.10. The number of methoxy groups -OCH3 is 2. The van der Waals surface area contributed by atoms with Crippen molar-refractivity contribution < 1.29 is 14.3 Å². The summed E-state index contributed by atoms with van der Waals surface area (Å²) in [6, 6.07) is 18.3. The Morgan fingerprint density at radius 3 is 2.62 bits per heavy atom. The topological polar surface area (TPSA) is 76.9 Å². The van der Waals surface area contributed by atoms with Crippen LogP contribution in [0.25, 0.3) is 16.9 Å². The van der Waals surface area contributed by atoms with Gasteiger partial charge in [0.15, 0.2) is 11.5 Å². The highest BCUT2D eigenvalue weighted by molar-refractivity contribution is 6.01. The molecule has 7 nitrogen and oxygen atoms in total. The molecule has 0 radical (unpaired) electrons. The summed E-state index contributed by atoms with van der Waals surface area (Å²) in [6.45, 7) is 0. The van der Waals surface area contributed by atoms with Crippen molar-refractivity contribution in [1.82, 2.24) is 9.38 Å². The lowest BCUT2D eigenvalue weighted by Crippen LogP contribution is -2.19. The number of aromatic nitrogens is 2. The van der Waals surface area contributed by atoms with Crippen molar-refractivity contribution in [3.05, 3.63) is 73.1 Å². The molecule has 0 aliphatic carbocycles. The molecular formula is C22H20N4O3. The predicted molar refractivity (Wildman–Crippen MR) is 113 cm³/mol. The molecule has 0 saturated carbocycles. The molecule has 2 amide bonds. The second-order valence-corrected chi connectivity index (χ2v) is 6.29. The van der Waals surface area contributed by atoms with Gasteiger partial charge in [-0.05, 0) is 36.4 Å². The number of nitrogens with one attached hydrogen (secondary N) is 2. The molecule has 0 bridgehead atoms. The smallest absolute Gasteiger partial charge is 0.323 e. The maximum atomic E-state index is 12.5. The van der Waals surface area contributed by atoms with E-state index in [1.807, 2.05) is 59.3 Å². The standard InChI is InChI=1S/C22H20N4O3/c1-28-19-10-6-9-17(21(19)29-2)25-22(27)23-16-8-5-7-15(13-16)18-14-26-12-4-3-11-20(26)24-18/h3-14H,1-2H3,(H2,23,25,27). The summed E-state index contributed by atoms with van der Waals surface area (Å²) in [7, 11) is 3.08. The van der Waals surface area contributed by atoms with E-state index in [1.165, 1.54) is 7.11 Å². The molecule has 29 heavy (non-hydrogen) atoms. The number of hydrogen-bond acceptors (Lipinski definition) is 4. The summed E-state index contributed by atoms with van der Waals surface area (Å²) in [5, 5.41) is 5.63. The van der Waals surface area contributed by atoms with Crippen LogP contribution in [0.5, 0.6) is 11.5 Å². The molecule has 2 heterocycles. The van der Waals surface area contributed by atoms with Gasteiger partial charge in [-0.2, -0.15) is 0 Å². The number of pyridine rings is 1. The summed E-state index contributed by atoms with van der Waals surface area (Å²) in [4.78, 5) is 17.1. The van der Waals surface area contributed by atoms with E-state index in [9.17, 15) is 4.79 Å². The molecule has 0 aliphatic rings. The van der Waals surface area contributed by atoms with E-state index in [0.29, 0.717) is 22.9 Å². The van der Waals surface area contributed by atoms with Gasteiger partial charge in [0.25, 0.3) is 0 Å². The average molecular weight is 388 g/mol. The number of carbonyl (C=O) groups is 1. The van der Waals surface area contributed by atoms with Gasteiger partial charge in [0.05, 0.1) is 25.6 Å². The monoisotopic (exact) mass is 388 g/mol. The number of hydrogen-bond donors (Lipinski definition) is 2. The highest BCUT2D eigenvalue weighted by Gasteiger charge is 2.13. The van der Waals surface area contributed by atoms with Crippen LogP contribution in [0.15, 0.2) is 73.1 Å². The predicted octanol–water partition coefficient (Wildman–Crippen LogP) is 4.66. The van der Waals surface area contributed by atoms with Gasteiger partial charge in [-0.3, -0.25) is 0 Å². The van der Waals surface area contributed by atoms with Crippen molar-refractivity contribution in [3.63, 3.8) is 0 Å². The second-order valence-electron chi connectivity index (χ2n) is 6.29. The Kier molecular flexibility index (Phi) is 5.03. The van der Waals surface area contributed by atoms with Crippen LogP contribution in [0.4, 0.5) is 16.2 Å². The number of benzene rings is 2. The Hall–Kier alpha value is -4.00. The number of amides is 2. The summed E-state index contributed by atoms with van der Waals surface area (Å²) in [5.74, 6) is 1.00. The van der Waals surface area contributed by atoms with Gasteiger partial charge >= 0.3 is 6.03 Å². The molecule has 2 aromatic heterocycles. The number of nitrogens with zero attached hydrogens (tertiary/aromatic N) is 2. The minimum absolute atomic E-state index is 0.385. The van der Waals surface area contributed by atoms with Crippen LogP contribution in [0, 0.1) is 0 Å². The minimum atomic E-state index is -0.385. The molecule has 0 spiro atoms. The van der Waals surface area contributed by atoms with Gasteiger partial charge in [0, 0.05) is 23.6 Å². The normalized spacial score (nSPS) is 10.6. The zero-order chi connectivity index (χ0) is 20.2. The molecular weight excluding hydrogens is 368 g/mol. The molecule has 2 aromatic carbocycles. The fraction of sp³-hybridized carbons (Fsp3) is 0.0909. The van der Waals surface area contributed by atoms with E-state index in [-0.39, 0.29) is 6.03 Å². The molecule has 0 aliphatic heterocycles. The van der Waals surface area contributed by atoms with Crippen molar-refractivity contribution >= 4 is 23.1 Å². The van der Waals surface area contributed by atoms with Crippen LogP contribution < -0.4 is 20.1 Å². The third-order valence-electron chi connectivity index (χ3n) is 4.43. The first kappa shape index (κ1) is 18.4. The van der Waals surface area contributed by atoms with Gasteiger partial charge < -0.3 is 24.5 Å². The number of rotatable bonds is 5. The molecule has 7 heteroatoms. The quantitative estimate of drug-likeness (QED) is 0.521. The summed E-state index contributed by atoms with van der Waals surface area (Å²) in [5.41, 5.74) is 3.77. The van der Waals surface area contributed by atoms with E-state index in [0.717, 1.165) is 16.9 Å². The maximum Gasteiger partial charge on any atom is 0.323 e. The largest absolute Gasteiger partial charge is 0.493 e. The summed E-state index contributed by atoms with van der Waals surface area (Å²) in [6.07, 6.45) is 3.90. The molecule has 0 fully saturated rings. The lowest BCUT2D eigenvalue weighted by atomic mass is 10.1. The molecule has 0 atom stereocenters. The Morgan fingerprint density at radius 1 is 0.966 bits per heavy atom. The fourth-order valence-corrected chi connectivity index (χ4v) is 3.10. The Morgan fingerprint density at radius 2 is 1.83 bits per heavy atom. The zero-order valence-corrected chi connectivity index (χ0v) is 16.0. The number of imidazole rings is 1. The number of ether oxygens (including phenoxy) is 2. The Balaban J connectivity index is 1.53. The van der Waals surface area contributed by atoms with Crippen LogP contribution in [-0.2, 0) is 0 Å². The van der Waals surface area contributed by atoms with E-state index in [4.69, 9.17) is 9.47 Å². The molecule has 4 rings (SSSR count). The number of urea groups is 1. The van der Waals surface area contributed by atoms with Gasteiger partial charge in [0.1, 0.15) is 5.65 Å². The van der Waals surface area contributed by atoms with Gasteiger partial charge in [0.2, 0.25) is 0 Å².